The molecule has 1 aliphatic carbocycles. The van der Waals surface area contributed by atoms with Crippen LogP contribution in [0.4, 0.5) is 0 Å². The Bertz CT molecular complexity index is 851. The number of likely N-dealkylation sites (tertiary alicyclic amines) is 1. The van der Waals surface area contributed by atoms with Crippen LogP contribution in [0.1, 0.15) is 71.5 Å². The van der Waals surface area contributed by atoms with E-state index in [4.69, 9.17) is 0 Å². The van der Waals surface area contributed by atoms with E-state index in [-0.39, 0.29) is 17.5 Å². The minimum Gasteiger partial charge on any atom is -0.338 e. The van der Waals surface area contributed by atoms with Gasteiger partial charge in [0.05, 0.1) is 4.88 Å². The first kappa shape index (κ1) is 17.5. The predicted octanol–water partition coefficient (Wildman–Crippen LogP) is 3.09. The second-order valence-corrected chi connectivity index (χ2v) is 8.54. The molecular formula is C19H26N4O2S. The maximum absolute atomic E-state index is 12.7. The molecule has 0 N–H and O–H groups in total. The number of hydrogen-bond acceptors (Lipinski definition) is 4. The first-order valence-electron chi connectivity index (χ1n) is 9.54. The van der Waals surface area contributed by atoms with Gasteiger partial charge in [-0.05, 0) is 49.6 Å². The molecule has 0 spiro atoms. The summed E-state index contributed by atoms with van der Waals surface area (Å²) in [6.45, 7) is 3.48. The minimum absolute atomic E-state index is 0.0134. The number of aryl methyl sites for hydroxylation is 2. The van der Waals surface area contributed by atoms with Crippen molar-refractivity contribution in [3.8, 4) is 0 Å². The Morgan fingerprint density at radius 3 is 2.50 bits per heavy atom. The molecule has 4 rings (SSSR count). The molecule has 6 nitrogen and oxygen atoms in total. The molecule has 0 unspecified atom stereocenters. The predicted molar refractivity (Wildman–Crippen MR) is 102 cm³/mol. The number of aromatic nitrogens is 3. The van der Waals surface area contributed by atoms with Gasteiger partial charge in [-0.15, -0.1) is 11.3 Å². The molecule has 7 heteroatoms. The zero-order chi connectivity index (χ0) is 18.3. The summed E-state index contributed by atoms with van der Waals surface area (Å²) in [5.41, 5.74) is 1.15. The molecule has 1 saturated heterocycles. The van der Waals surface area contributed by atoms with Crippen LogP contribution in [-0.4, -0.2) is 38.2 Å². The number of carbonyl (C=O) groups excluding carboxylic acids is 1. The van der Waals surface area contributed by atoms with E-state index in [1.54, 1.807) is 7.05 Å². The summed E-state index contributed by atoms with van der Waals surface area (Å²) in [6.07, 6.45) is 6.29. The summed E-state index contributed by atoms with van der Waals surface area (Å²) in [4.78, 5) is 28.0. The van der Waals surface area contributed by atoms with E-state index in [0.717, 1.165) is 55.0 Å². The van der Waals surface area contributed by atoms with Crippen LogP contribution in [0.25, 0.3) is 0 Å². The lowest BCUT2D eigenvalue weighted by atomic mass is 9.95. The Kier molecular flexibility index (Phi) is 4.73. The third kappa shape index (κ3) is 3.13. The van der Waals surface area contributed by atoms with Gasteiger partial charge in [0.2, 0.25) is 0 Å². The molecule has 1 saturated carbocycles. The number of hydrogen-bond donors (Lipinski definition) is 0. The lowest BCUT2D eigenvalue weighted by Crippen LogP contribution is -2.38. The summed E-state index contributed by atoms with van der Waals surface area (Å²) < 4.78 is 3.44. The van der Waals surface area contributed by atoms with E-state index in [2.05, 4.69) is 5.10 Å². The number of thiophene rings is 1. The summed E-state index contributed by atoms with van der Waals surface area (Å²) in [5.74, 6) is 1.33. The fourth-order valence-corrected chi connectivity index (χ4v) is 5.19. The third-order valence-electron chi connectivity index (χ3n) is 5.76. The zero-order valence-electron chi connectivity index (χ0n) is 15.5. The largest absolute Gasteiger partial charge is 0.345 e. The molecular weight excluding hydrogens is 348 g/mol. The molecule has 2 aromatic heterocycles. The Labute approximate surface area is 157 Å². The maximum Gasteiger partial charge on any atom is 0.345 e. The van der Waals surface area contributed by atoms with E-state index >= 15 is 0 Å². The monoisotopic (exact) mass is 374 g/mol. The average Bonchev–Trinajstić information content (AvgIpc) is 3.37. The topological polar surface area (TPSA) is 60.1 Å². The molecule has 2 aromatic rings. The second-order valence-electron chi connectivity index (χ2n) is 7.63. The highest BCUT2D eigenvalue weighted by Gasteiger charge is 2.31. The first-order valence-corrected chi connectivity index (χ1v) is 10.4. The second kappa shape index (κ2) is 7.02. The lowest BCUT2D eigenvalue weighted by molar-refractivity contribution is 0.0714. The maximum atomic E-state index is 12.7. The molecule has 3 heterocycles. The molecule has 2 aliphatic rings. The lowest BCUT2D eigenvalue weighted by Gasteiger charge is -2.31. The van der Waals surface area contributed by atoms with Crippen LogP contribution in [0.3, 0.4) is 0 Å². The van der Waals surface area contributed by atoms with Crippen molar-refractivity contribution in [2.75, 3.05) is 13.1 Å². The van der Waals surface area contributed by atoms with E-state index in [0.29, 0.717) is 6.04 Å². The summed E-state index contributed by atoms with van der Waals surface area (Å²) in [5, 5.41) is 6.60. The highest BCUT2D eigenvalue weighted by molar-refractivity contribution is 7.12. The van der Waals surface area contributed by atoms with Gasteiger partial charge in [0.1, 0.15) is 5.82 Å². The molecule has 1 amide bonds. The fraction of sp³-hybridized carbons (Fsp3) is 0.632. The zero-order valence-corrected chi connectivity index (χ0v) is 16.3. The van der Waals surface area contributed by atoms with Gasteiger partial charge in [0.25, 0.3) is 5.91 Å². The summed E-state index contributed by atoms with van der Waals surface area (Å²) in [6, 6.07) is 2.27. The van der Waals surface area contributed by atoms with Crippen LogP contribution in [0.2, 0.25) is 0 Å². The number of rotatable bonds is 3. The van der Waals surface area contributed by atoms with Crippen LogP contribution in [0.15, 0.2) is 16.2 Å². The minimum atomic E-state index is 0.0134. The number of nitrogens with zero attached hydrogens (tertiary/aromatic N) is 4. The van der Waals surface area contributed by atoms with Gasteiger partial charge in [-0.1, -0.05) is 12.8 Å². The molecule has 0 aromatic carbocycles. The standard InChI is InChI=1S/C19H26N4O2S/c1-13-11-16(26-12-13)18(24)22-9-7-14(8-10-22)17-20-21(2)19(25)23(17)15-5-3-4-6-15/h11-12,14-15H,3-10H2,1-2H3. The van der Waals surface area contributed by atoms with Crippen molar-refractivity contribution in [1.82, 2.24) is 19.2 Å². The SMILES string of the molecule is Cc1csc(C(=O)N2CCC(c3nn(C)c(=O)n3C3CCCC3)CC2)c1. The molecule has 2 fully saturated rings. The Morgan fingerprint density at radius 1 is 1.19 bits per heavy atom. The molecule has 140 valence electrons. The van der Waals surface area contributed by atoms with Crippen molar-refractivity contribution in [3.63, 3.8) is 0 Å². The van der Waals surface area contributed by atoms with Gasteiger partial charge in [0, 0.05) is 32.1 Å². The molecule has 26 heavy (non-hydrogen) atoms. The molecule has 0 atom stereocenters. The normalized spacial score (nSPS) is 19.4. The van der Waals surface area contributed by atoms with E-state index in [1.807, 2.05) is 27.8 Å². The molecule has 0 radical (unpaired) electrons. The van der Waals surface area contributed by atoms with Crippen molar-refractivity contribution in [2.45, 2.75) is 57.4 Å². The van der Waals surface area contributed by atoms with E-state index in [1.165, 1.54) is 28.9 Å². The third-order valence-corrected chi connectivity index (χ3v) is 6.80. The van der Waals surface area contributed by atoms with Crippen molar-refractivity contribution < 1.29 is 4.79 Å². The molecule has 0 bridgehead atoms. The average molecular weight is 375 g/mol. The molecule has 1 aliphatic heterocycles. The van der Waals surface area contributed by atoms with Crippen LogP contribution in [0, 0.1) is 6.92 Å². The van der Waals surface area contributed by atoms with Gasteiger partial charge >= 0.3 is 5.69 Å². The highest BCUT2D eigenvalue weighted by Crippen LogP contribution is 2.34. The van der Waals surface area contributed by atoms with Crippen molar-refractivity contribution in [1.29, 1.82) is 0 Å². The quantitative estimate of drug-likeness (QED) is 0.829. The Hall–Kier alpha value is -1.89. The summed E-state index contributed by atoms with van der Waals surface area (Å²) in [7, 11) is 1.75. The fourth-order valence-electron chi connectivity index (χ4n) is 4.32. The van der Waals surface area contributed by atoms with Crippen LogP contribution >= 0.6 is 11.3 Å². The van der Waals surface area contributed by atoms with Crippen LogP contribution in [0.5, 0.6) is 0 Å². The number of amides is 1. The van der Waals surface area contributed by atoms with Crippen LogP contribution in [-0.2, 0) is 7.05 Å². The van der Waals surface area contributed by atoms with E-state index < -0.39 is 0 Å². The number of piperidine rings is 1. The van der Waals surface area contributed by atoms with Crippen molar-refractivity contribution >= 4 is 17.2 Å². The van der Waals surface area contributed by atoms with Crippen LogP contribution < -0.4 is 5.69 Å². The van der Waals surface area contributed by atoms with Gasteiger partial charge in [-0.3, -0.25) is 9.36 Å². The van der Waals surface area contributed by atoms with Gasteiger partial charge in [-0.25, -0.2) is 9.48 Å². The van der Waals surface area contributed by atoms with Gasteiger partial charge in [-0.2, -0.15) is 5.10 Å². The summed E-state index contributed by atoms with van der Waals surface area (Å²) >= 11 is 1.52. The van der Waals surface area contributed by atoms with Crippen molar-refractivity contribution in [3.05, 3.63) is 38.2 Å². The van der Waals surface area contributed by atoms with E-state index in [9.17, 15) is 9.59 Å². The van der Waals surface area contributed by atoms with Gasteiger partial charge < -0.3 is 4.90 Å². The van der Waals surface area contributed by atoms with Gasteiger partial charge in [0.15, 0.2) is 0 Å². The van der Waals surface area contributed by atoms with Crippen molar-refractivity contribution in [2.24, 2.45) is 7.05 Å². The Morgan fingerprint density at radius 2 is 1.88 bits per heavy atom. The first-order chi connectivity index (χ1) is 12.5. The smallest absolute Gasteiger partial charge is 0.338 e. The Balaban J connectivity index is 1.49. The highest BCUT2D eigenvalue weighted by atomic mass is 32.1. The number of carbonyl (C=O) groups is 1.